The van der Waals surface area contributed by atoms with Crippen LogP contribution in [0.15, 0.2) is 85.1 Å². The van der Waals surface area contributed by atoms with Gasteiger partial charge in [-0.3, -0.25) is 4.79 Å². The van der Waals surface area contributed by atoms with Gasteiger partial charge in [0.2, 0.25) is 0 Å². The average molecular weight is 667 g/mol. The lowest BCUT2D eigenvalue weighted by atomic mass is 10.1. The van der Waals surface area contributed by atoms with Crippen molar-refractivity contribution < 1.29 is 19.4 Å². The van der Waals surface area contributed by atoms with Gasteiger partial charge in [0, 0.05) is 13.0 Å². The molecule has 1 atom stereocenters. The number of carbonyl (C=O) groups excluding carboxylic acids is 1. The molecule has 0 bridgehead atoms. The Labute approximate surface area is 297 Å². The topological polar surface area (TPSA) is 55.8 Å². The molecular weight excluding hydrogens is 592 g/mol. The fourth-order valence-corrected chi connectivity index (χ4v) is 5.07. The summed E-state index contributed by atoms with van der Waals surface area (Å²) >= 11 is 0. The van der Waals surface area contributed by atoms with Crippen LogP contribution in [0.3, 0.4) is 0 Å². The van der Waals surface area contributed by atoms with Crippen molar-refractivity contribution in [3.8, 4) is 0 Å². The zero-order valence-corrected chi connectivity index (χ0v) is 31.2. The van der Waals surface area contributed by atoms with Gasteiger partial charge in [-0.05, 0) is 70.6 Å². The fourth-order valence-electron chi connectivity index (χ4n) is 5.07. The lowest BCUT2D eigenvalue weighted by molar-refractivity contribution is -0.154. The number of rotatable bonds is 35. The number of hydrogen-bond donors (Lipinski definition) is 1. The first kappa shape index (κ1) is 45.6. The van der Waals surface area contributed by atoms with Crippen molar-refractivity contribution in [2.75, 3.05) is 19.8 Å². The molecular formula is C44H74O4. The van der Waals surface area contributed by atoms with Gasteiger partial charge in [0.05, 0.1) is 13.2 Å². The van der Waals surface area contributed by atoms with E-state index >= 15 is 0 Å². The summed E-state index contributed by atoms with van der Waals surface area (Å²) in [4.78, 5) is 12.1. The van der Waals surface area contributed by atoms with Gasteiger partial charge in [-0.1, -0.05) is 170 Å². The van der Waals surface area contributed by atoms with Gasteiger partial charge in [-0.25, -0.2) is 0 Å². The molecule has 0 radical (unpaired) electrons. The third kappa shape index (κ3) is 38.0. The van der Waals surface area contributed by atoms with E-state index in [0.29, 0.717) is 13.0 Å². The van der Waals surface area contributed by atoms with Crippen LogP contribution in [0.4, 0.5) is 0 Å². The highest BCUT2D eigenvalue weighted by Gasteiger charge is 2.13. The third-order valence-electron chi connectivity index (χ3n) is 7.98. The van der Waals surface area contributed by atoms with Crippen molar-refractivity contribution >= 4 is 5.97 Å². The maximum Gasteiger partial charge on any atom is 0.306 e. The highest BCUT2D eigenvalue weighted by molar-refractivity contribution is 5.69. The van der Waals surface area contributed by atoms with Gasteiger partial charge in [0.1, 0.15) is 6.10 Å². The number of aliphatic hydroxyl groups excluding tert-OH is 1. The molecule has 0 saturated heterocycles. The van der Waals surface area contributed by atoms with Crippen LogP contribution in [-0.4, -0.2) is 37.0 Å². The molecule has 0 aliphatic heterocycles. The molecule has 0 heterocycles. The molecule has 0 aromatic rings. The van der Waals surface area contributed by atoms with Crippen LogP contribution in [0.25, 0.3) is 0 Å². The van der Waals surface area contributed by atoms with E-state index in [9.17, 15) is 9.90 Å². The summed E-state index contributed by atoms with van der Waals surface area (Å²) in [5.74, 6) is -0.217. The zero-order valence-electron chi connectivity index (χ0n) is 31.2. The van der Waals surface area contributed by atoms with Gasteiger partial charge >= 0.3 is 5.97 Å². The van der Waals surface area contributed by atoms with E-state index in [1.165, 1.54) is 64.2 Å². The number of aliphatic hydroxyl groups is 1. The van der Waals surface area contributed by atoms with Crippen LogP contribution in [0.5, 0.6) is 0 Å². The minimum Gasteiger partial charge on any atom is -0.457 e. The van der Waals surface area contributed by atoms with Crippen molar-refractivity contribution in [3.05, 3.63) is 85.1 Å². The first-order chi connectivity index (χ1) is 23.7. The summed E-state index contributed by atoms with van der Waals surface area (Å²) in [6.07, 6.45) is 56.3. The maximum absolute atomic E-state index is 12.1. The van der Waals surface area contributed by atoms with Crippen LogP contribution >= 0.6 is 0 Å². The Hall–Kier alpha value is -2.43. The second-order valence-electron chi connectivity index (χ2n) is 12.6. The molecule has 0 amide bonds. The minimum atomic E-state index is -0.549. The number of allylic oxidation sites excluding steroid dienone is 14. The zero-order chi connectivity index (χ0) is 34.9. The minimum absolute atomic E-state index is 0.186. The summed E-state index contributed by atoms with van der Waals surface area (Å²) in [6.45, 7) is 5.14. The van der Waals surface area contributed by atoms with E-state index in [1.54, 1.807) is 0 Å². The van der Waals surface area contributed by atoms with Crippen LogP contribution < -0.4 is 0 Å². The Balaban J connectivity index is 3.57. The average Bonchev–Trinajstić information content (AvgIpc) is 3.09. The van der Waals surface area contributed by atoms with E-state index in [2.05, 4.69) is 98.9 Å². The van der Waals surface area contributed by atoms with Crippen molar-refractivity contribution in [3.63, 3.8) is 0 Å². The fraction of sp³-hybridized carbons (Fsp3) is 0.659. The molecule has 0 aromatic heterocycles. The third-order valence-corrected chi connectivity index (χ3v) is 7.98. The summed E-state index contributed by atoms with van der Waals surface area (Å²) in [6, 6.07) is 0. The first-order valence-electron chi connectivity index (χ1n) is 19.7. The Morgan fingerprint density at radius 3 is 1.42 bits per heavy atom. The van der Waals surface area contributed by atoms with Gasteiger partial charge in [0.25, 0.3) is 0 Å². The van der Waals surface area contributed by atoms with Gasteiger partial charge in [-0.15, -0.1) is 0 Å². The van der Waals surface area contributed by atoms with E-state index in [1.807, 2.05) is 0 Å². The van der Waals surface area contributed by atoms with Crippen molar-refractivity contribution in [1.29, 1.82) is 0 Å². The molecule has 0 aliphatic carbocycles. The van der Waals surface area contributed by atoms with Gasteiger partial charge in [0.15, 0.2) is 0 Å². The summed E-state index contributed by atoms with van der Waals surface area (Å²) in [5, 5.41) is 9.55. The lowest BCUT2D eigenvalue weighted by Crippen LogP contribution is -2.27. The smallest absolute Gasteiger partial charge is 0.306 e. The summed E-state index contributed by atoms with van der Waals surface area (Å²) in [5.41, 5.74) is 0. The van der Waals surface area contributed by atoms with Crippen molar-refractivity contribution in [2.45, 2.75) is 168 Å². The van der Waals surface area contributed by atoms with Crippen LogP contribution in [0.2, 0.25) is 0 Å². The molecule has 48 heavy (non-hydrogen) atoms. The van der Waals surface area contributed by atoms with E-state index in [-0.39, 0.29) is 19.2 Å². The molecule has 0 spiro atoms. The Morgan fingerprint density at radius 2 is 0.938 bits per heavy atom. The standard InChI is InChI=1S/C44H74O4/c1-3-5-7-9-11-13-15-16-17-18-19-20-21-22-23-24-25-26-27-28-29-30-32-34-36-38-40-47-42-43(41-45)48-44(46)39-37-35-33-31-14-12-10-8-6-4-2/h5,7,11,13,16-17,19-20,22-23,25-26,28-29,43,45H,3-4,6,8-10,12,14-15,18,21,24,27,30-42H2,1-2H3/b7-5-,13-11-,17-16-,20-19-,23-22-,26-25-,29-28-. The predicted octanol–water partition coefficient (Wildman–Crippen LogP) is 12.8. The van der Waals surface area contributed by atoms with Crippen LogP contribution in [-0.2, 0) is 14.3 Å². The largest absolute Gasteiger partial charge is 0.457 e. The highest BCUT2D eigenvalue weighted by Crippen LogP contribution is 2.12. The normalized spacial score (nSPS) is 13.3. The summed E-state index contributed by atoms with van der Waals surface area (Å²) in [7, 11) is 0. The highest BCUT2D eigenvalue weighted by atomic mass is 16.6. The van der Waals surface area contributed by atoms with Crippen molar-refractivity contribution in [2.24, 2.45) is 0 Å². The molecule has 0 aromatic carbocycles. The second-order valence-corrected chi connectivity index (χ2v) is 12.6. The number of carbonyl (C=O) groups is 1. The molecule has 274 valence electrons. The van der Waals surface area contributed by atoms with Gasteiger partial charge in [-0.2, -0.15) is 0 Å². The molecule has 1 unspecified atom stereocenters. The Bertz CT molecular complexity index is 876. The second kappa shape index (κ2) is 40.7. The monoisotopic (exact) mass is 667 g/mol. The SMILES string of the molecule is CC/C=C\C/C=C\C/C=C\C/C=C\C/C=C\C/C=C\C/C=C\CCCCCCOCC(CO)OC(=O)CCCCCCCCCCCC. The van der Waals surface area contributed by atoms with E-state index in [4.69, 9.17) is 9.47 Å². The molecule has 4 nitrogen and oxygen atoms in total. The van der Waals surface area contributed by atoms with Crippen LogP contribution in [0.1, 0.15) is 162 Å². The molecule has 0 fully saturated rings. The molecule has 1 N–H and O–H groups in total. The van der Waals surface area contributed by atoms with Crippen molar-refractivity contribution in [1.82, 2.24) is 0 Å². The molecule has 4 heteroatoms. The van der Waals surface area contributed by atoms with Gasteiger partial charge < -0.3 is 14.6 Å². The Kier molecular flexibility index (Phi) is 38.7. The number of hydrogen-bond acceptors (Lipinski definition) is 4. The molecule has 0 saturated carbocycles. The van der Waals surface area contributed by atoms with E-state index < -0.39 is 6.10 Å². The number of esters is 1. The maximum atomic E-state index is 12.1. The van der Waals surface area contributed by atoms with E-state index in [0.717, 1.165) is 77.0 Å². The van der Waals surface area contributed by atoms with Crippen LogP contribution in [0, 0.1) is 0 Å². The Morgan fingerprint density at radius 1 is 0.521 bits per heavy atom. The quantitative estimate of drug-likeness (QED) is 0.0415. The lowest BCUT2D eigenvalue weighted by Gasteiger charge is -2.15. The molecule has 0 rings (SSSR count). The summed E-state index contributed by atoms with van der Waals surface area (Å²) < 4.78 is 11.1. The predicted molar refractivity (Wildman–Crippen MR) is 209 cm³/mol. The first-order valence-corrected chi connectivity index (χ1v) is 19.7. The number of ether oxygens (including phenoxy) is 2. The number of unbranched alkanes of at least 4 members (excludes halogenated alkanes) is 13. The molecule has 0 aliphatic rings.